The van der Waals surface area contributed by atoms with E-state index >= 15 is 0 Å². The second-order valence-corrected chi connectivity index (χ2v) is 4.19. The Balaban J connectivity index is 0.000000902. The second-order valence-electron chi connectivity index (χ2n) is 4.19. The number of hydrogen-bond acceptors (Lipinski definition) is 2. The number of anilines is 1. The number of fused-ring (bicyclic) bond motifs is 1. The van der Waals surface area contributed by atoms with Crippen molar-refractivity contribution in [2.24, 2.45) is 0 Å². The van der Waals surface area contributed by atoms with Gasteiger partial charge in [0.1, 0.15) is 5.82 Å². The zero-order valence-electron chi connectivity index (χ0n) is 10.4. The average molecular weight is 296 g/mol. The summed E-state index contributed by atoms with van der Waals surface area (Å²) in [6.45, 7) is 2.05. The number of para-hydroxylation sites is 2. The minimum atomic E-state index is 0. The standard InChI is InChI=1S/C14H13N3.2ClH/c1-9-6-7-11(15)10(8-9)14-16-12-4-2-3-5-13(12)17-14;;/h2-8H,15H2,1H3,(H,16,17);2*1H. The molecule has 5 heteroatoms. The van der Waals surface area contributed by atoms with Gasteiger partial charge in [0.05, 0.1) is 11.0 Å². The molecule has 100 valence electrons. The molecule has 3 aromatic rings. The van der Waals surface area contributed by atoms with E-state index < -0.39 is 0 Å². The van der Waals surface area contributed by atoms with Crippen LogP contribution in [0.4, 0.5) is 5.69 Å². The third-order valence-corrected chi connectivity index (χ3v) is 2.85. The maximum absolute atomic E-state index is 5.98. The molecule has 0 atom stereocenters. The Morgan fingerprint density at radius 1 is 1.05 bits per heavy atom. The van der Waals surface area contributed by atoms with Gasteiger partial charge in [0.15, 0.2) is 0 Å². The molecule has 3 rings (SSSR count). The van der Waals surface area contributed by atoms with Gasteiger partial charge in [-0.1, -0.05) is 23.8 Å². The van der Waals surface area contributed by atoms with Crippen molar-refractivity contribution >= 4 is 41.5 Å². The first kappa shape index (κ1) is 15.3. The minimum Gasteiger partial charge on any atom is -0.398 e. The lowest BCUT2D eigenvalue weighted by molar-refractivity contribution is 1.32. The topological polar surface area (TPSA) is 54.7 Å². The number of imidazole rings is 1. The predicted molar refractivity (Wildman–Crippen MR) is 85.2 cm³/mol. The molecule has 1 heterocycles. The van der Waals surface area contributed by atoms with Crippen molar-refractivity contribution in [3.63, 3.8) is 0 Å². The van der Waals surface area contributed by atoms with Gasteiger partial charge in [-0.2, -0.15) is 0 Å². The van der Waals surface area contributed by atoms with E-state index in [0.29, 0.717) is 0 Å². The Morgan fingerprint density at radius 2 is 1.79 bits per heavy atom. The molecule has 0 saturated carbocycles. The van der Waals surface area contributed by atoms with Crippen LogP contribution in [0, 0.1) is 6.92 Å². The number of rotatable bonds is 1. The van der Waals surface area contributed by atoms with Crippen molar-refractivity contribution in [1.29, 1.82) is 0 Å². The molecule has 1 aromatic heterocycles. The molecular weight excluding hydrogens is 281 g/mol. The van der Waals surface area contributed by atoms with Crippen molar-refractivity contribution in [3.8, 4) is 11.4 Å². The molecule has 2 aromatic carbocycles. The summed E-state index contributed by atoms with van der Waals surface area (Å²) in [5, 5.41) is 0. The molecule has 0 fully saturated rings. The number of aromatic nitrogens is 2. The molecule has 0 aliphatic carbocycles. The van der Waals surface area contributed by atoms with Crippen LogP contribution in [0.15, 0.2) is 42.5 Å². The number of nitrogens with two attached hydrogens (primary N) is 1. The number of benzene rings is 2. The number of nitrogens with zero attached hydrogens (tertiary/aromatic N) is 1. The van der Waals surface area contributed by atoms with Crippen LogP contribution in [-0.4, -0.2) is 9.97 Å². The van der Waals surface area contributed by atoms with E-state index in [0.717, 1.165) is 28.1 Å². The third-order valence-electron chi connectivity index (χ3n) is 2.85. The van der Waals surface area contributed by atoms with Gasteiger partial charge in [-0.25, -0.2) is 4.98 Å². The lowest BCUT2D eigenvalue weighted by Crippen LogP contribution is -1.91. The third kappa shape index (κ3) is 2.83. The molecule has 0 radical (unpaired) electrons. The summed E-state index contributed by atoms with van der Waals surface area (Å²) in [6, 6.07) is 13.9. The molecule has 0 aliphatic heterocycles. The van der Waals surface area contributed by atoms with Gasteiger partial charge in [-0.3, -0.25) is 0 Å². The maximum Gasteiger partial charge on any atom is 0.140 e. The summed E-state index contributed by atoms with van der Waals surface area (Å²) in [4.78, 5) is 7.84. The van der Waals surface area contributed by atoms with Crippen LogP contribution < -0.4 is 5.73 Å². The summed E-state index contributed by atoms with van der Waals surface area (Å²) in [6.07, 6.45) is 0. The molecule has 19 heavy (non-hydrogen) atoms. The summed E-state index contributed by atoms with van der Waals surface area (Å²) < 4.78 is 0. The molecule has 0 amide bonds. The van der Waals surface area contributed by atoms with E-state index in [1.165, 1.54) is 5.56 Å². The van der Waals surface area contributed by atoms with Crippen molar-refractivity contribution in [1.82, 2.24) is 9.97 Å². The van der Waals surface area contributed by atoms with Crippen molar-refractivity contribution < 1.29 is 0 Å². The van der Waals surface area contributed by atoms with Gasteiger partial charge in [0.2, 0.25) is 0 Å². The van der Waals surface area contributed by atoms with E-state index in [4.69, 9.17) is 5.73 Å². The average Bonchev–Trinajstić information content (AvgIpc) is 2.75. The van der Waals surface area contributed by atoms with Gasteiger partial charge < -0.3 is 10.7 Å². The van der Waals surface area contributed by atoms with Crippen LogP contribution in [0.3, 0.4) is 0 Å². The Kier molecular flexibility index (Phi) is 4.81. The molecule has 0 spiro atoms. The number of halogens is 2. The normalized spacial score (nSPS) is 9.74. The van der Waals surface area contributed by atoms with Crippen LogP contribution in [0.5, 0.6) is 0 Å². The number of aromatic amines is 1. The highest BCUT2D eigenvalue weighted by Crippen LogP contribution is 2.26. The van der Waals surface area contributed by atoms with Crippen LogP contribution in [0.2, 0.25) is 0 Å². The fourth-order valence-corrected chi connectivity index (χ4v) is 1.96. The van der Waals surface area contributed by atoms with Crippen LogP contribution in [0.25, 0.3) is 22.4 Å². The number of hydrogen-bond donors (Lipinski definition) is 2. The van der Waals surface area contributed by atoms with Crippen LogP contribution >= 0.6 is 24.8 Å². The van der Waals surface area contributed by atoms with E-state index in [9.17, 15) is 0 Å². The zero-order chi connectivity index (χ0) is 11.8. The highest BCUT2D eigenvalue weighted by Gasteiger charge is 2.07. The van der Waals surface area contributed by atoms with E-state index in [-0.39, 0.29) is 24.8 Å². The zero-order valence-corrected chi connectivity index (χ0v) is 12.0. The van der Waals surface area contributed by atoms with E-state index in [2.05, 4.69) is 9.97 Å². The van der Waals surface area contributed by atoms with Crippen molar-refractivity contribution in [2.75, 3.05) is 5.73 Å². The number of nitrogens with one attached hydrogen (secondary N) is 1. The molecule has 3 N–H and O–H groups in total. The number of H-pyrrole nitrogens is 1. The Bertz CT molecular complexity index is 659. The van der Waals surface area contributed by atoms with E-state index in [1.807, 2.05) is 49.4 Å². The van der Waals surface area contributed by atoms with Gasteiger partial charge in [0.25, 0.3) is 0 Å². The quantitative estimate of drug-likeness (QED) is 0.668. The van der Waals surface area contributed by atoms with Gasteiger partial charge in [-0.15, -0.1) is 24.8 Å². The monoisotopic (exact) mass is 295 g/mol. The Morgan fingerprint density at radius 3 is 2.53 bits per heavy atom. The molecule has 0 aliphatic rings. The van der Waals surface area contributed by atoms with Crippen LogP contribution in [0.1, 0.15) is 5.56 Å². The summed E-state index contributed by atoms with van der Waals surface area (Å²) in [5.41, 5.74) is 10.9. The highest BCUT2D eigenvalue weighted by atomic mass is 35.5. The predicted octanol–water partition coefficient (Wildman–Crippen LogP) is 3.96. The maximum atomic E-state index is 5.98. The highest BCUT2D eigenvalue weighted by molar-refractivity contribution is 5.85. The Labute approximate surface area is 124 Å². The van der Waals surface area contributed by atoms with E-state index in [1.54, 1.807) is 0 Å². The van der Waals surface area contributed by atoms with Crippen molar-refractivity contribution in [2.45, 2.75) is 6.92 Å². The van der Waals surface area contributed by atoms with Gasteiger partial charge >= 0.3 is 0 Å². The first-order valence-electron chi connectivity index (χ1n) is 5.55. The smallest absolute Gasteiger partial charge is 0.140 e. The summed E-state index contributed by atoms with van der Waals surface area (Å²) in [5.74, 6) is 0.826. The first-order chi connectivity index (χ1) is 8.24. The van der Waals surface area contributed by atoms with Crippen LogP contribution in [-0.2, 0) is 0 Å². The number of aryl methyl sites for hydroxylation is 1. The first-order valence-corrected chi connectivity index (χ1v) is 5.55. The van der Waals surface area contributed by atoms with Gasteiger partial charge in [0, 0.05) is 11.3 Å². The Hall–Kier alpha value is -1.71. The molecule has 0 unspecified atom stereocenters. The second kappa shape index (κ2) is 5.95. The molecule has 0 saturated heterocycles. The lowest BCUT2D eigenvalue weighted by atomic mass is 10.1. The minimum absolute atomic E-state index is 0. The lowest BCUT2D eigenvalue weighted by Gasteiger charge is -2.03. The fourth-order valence-electron chi connectivity index (χ4n) is 1.96. The fraction of sp³-hybridized carbons (Fsp3) is 0.0714. The van der Waals surface area contributed by atoms with Crippen molar-refractivity contribution in [3.05, 3.63) is 48.0 Å². The van der Waals surface area contributed by atoms with Gasteiger partial charge in [-0.05, 0) is 31.2 Å². The SMILES string of the molecule is Cc1ccc(N)c(-c2nc3ccccc3[nH]2)c1.Cl.Cl. The number of nitrogen functional groups attached to an aromatic ring is 1. The summed E-state index contributed by atoms with van der Waals surface area (Å²) >= 11 is 0. The molecule has 3 nitrogen and oxygen atoms in total. The molecular formula is C14H15Cl2N3. The molecule has 0 bridgehead atoms. The summed E-state index contributed by atoms with van der Waals surface area (Å²) in [7, 11) is 0. The largest absolute Gasteiger partial charge is 0.398 e.